The van der Waals surface area contributed by atoms with Crippen molar-refractivity contribution in [1.29, 1.82) is 5.26 Å². The molecule has 0 aromatic heterocycles. The zero-order valence-electron chi connectivity index (χ0n) is 12.1. The third kappa shape index (κ3) is 5.48. The highest BCUT2D eigenvalue weighted by molar-refractivity contribution is 6.35. The van der Waals surface area contributed by atoms with Crippen LogP contribution in [0, 0.1) is 11.3 Å². The topological polar surface area (TPSA) is 59.3 Å². The number of ether oxygens (including phenoxy) is 2. The van der Waals surface area contributed by atoms with Crippen molar-refractivity contribution in [3.05, 3.63) is 58.1 Å². The Kier molecular flexibility index (Phi) is 6.28. The molecule has 118 valence electrons. The molecule has 0 atom stereocenters. The number of esters is 1. The highest BCUT2D eigenvalue weighted by Gasteiger charge is 2.06. The number of nitrogens with zero attached hydrogens (tertiary/aromatic N) is 1. The zero-order chi connectivity index (χ0) is 16.7. The van der Waals surface area contributed by atoms with Crippen molar-refractivity contribution in [2.24, 2.45) is 0 Å². The van der Waals surface area contributed by atoms with E-state index in [1.807, 2.05) is 6.07 Å². The monoisotopic (exact) mass is 349 g/mol. The van der Waals surface area contributed by atoms with Crippen LogP contribution in [-0.2, 0) is 4.79 Å². The third-order valence-electron chi connectivity index (χ3n) is 2.89. The van der Waals surface area contributed by atoms with Gasteiger partial charge < -0.3 is 9.47 Å². The molecule has 0 amide bonds. The lowest BCUT2D eigenvalue weighted by molar-refractivity contribution is -0.134. The van der Waals surface area contributed by atoms with Crippen LogP contribution in [-0.4, -0.2) is 12.6 Å². The summed E-state index contributed by atoms with van der Waals surface area (Å²) >= 11 is 11.8. The van der Waals surface area contributed by atoms with E-state index in [1.165, 1.54) is 0 Å². The Morgan fingerprint density at radius 1 is 1.13 bits per heavy atom. The normalized spacial score (nSPS) is 9.96. The van der Waals surface area contributed by atoms with Crippen molar-refractivity contribution < 1.29 is 14.3 Å². The van der Waals surface area contributed by atoms with Crippen LogP contribution in [0.3, 0.4) is 0 Å². The number of benzene rings is 2. The summed E-state index contributed by atoms with van der Waals surface area (Å²) < 4.78 is 10.6. The summed E-state index contributed by atoms with van der Waals surface area (Å²) in [5, 5.41) is 9.66. The number of halogens is 2. The number of hydrogen-bond acceptors (Lipinski definition) is 4. The lowest BCUT2D eigenvalue weighted by Crippen LogP contribution is -2.10. The maximum absolute atomic E-state index is 11.7. The van der Waals surface area contributed by atoms with Crippen molar-refractivity contribution in [3.8, 4) is 17.6 Å². The second-order valence-corrected chi connectivity index (χ2v) is 5.48. The van der Waals surface area contributed by atoms with Gasteiger partial charge in [0.25, 0.3) is 0 Å². The van der Waals surface area contributed by atoms with E-state index >= 15 is 0 Å². The van der Waals surface area contributed by atoms with E-state index in [2.05, 4.69) is 0 Å². The van der Waals surface area contributed by atoms with E-state index in [1.54, 1.807) is 42.5 Å². The van der Waals surface area contributed by atoms with Crippen molar-refractivity contribution >= 4 is 29.2 Å². The Morgan fingerprint density at radius 2 is 1.87 bits per heavy atom. The van der Waals surface area contributed by atoms with Gasteiger partial charge in [-0.15, -0.1) is 0 Å². The Labute approximate surface area is 144 Å². The molecule has 0 aliphatic rings. The average Bonchev–Trinajstić information content (AvgIpc) is 2.54. The molecule has 0 spiro atoms. The van der Waals surface area contributed by atoms with E-state index in [0.29, 0.717) is 40.1 Å². The van der Waals surface area contributed by atoms with Crippen molar-refractivity contribution in [2.75, 3.05) is 6.61 Å². The minimum Gasteiger partial charge on any atom is -0.492 e. The lowest BCUT2D eigenvalue weighted by atomic mass is 10.2. The molecule has 0 fully saturated rings. The number of carbonyl (C=O) groups is 1. The highest BCUT2D eigenvalue weighted by atomic mass is 35.5. The quantitative estimate of drug-likeness (QED) is 0.433. The molecule has 0 saturated carbocycles. The van der Waals surface area contributed by atoms with Gasteiger partial charge >= 0.3 is 5.97 Å². The van der Waals surface area contributed by atoms with Crippen LogP contribution in [0.25, 0.3) is 0 Å². The number of hydrogen-bond donors (Lipinski definition) is 0. The first-order valence-corrected chi connectivity index (χ1v) is 7.63. The van der Waals surface area contributed by atoms with Crippen LogP contribution in [0.4, 0.5) is 0 Å². The molecule has 6 heteroatoms. The van der Waals surface area contributed by atoms with Crippen molar-refractivity contribution in [2.45, 2.75) is 12.8 Å². The molecule has 0 N–H and O–H groups in total. The summed E-state index contributed by atoms with van der Waals surface area (Å²) in [5.41, 5.74) is 0.512. The van der Waals surface area contributed by atoms with Gasteiger partial charge in [-0.2, -0.15) is 5.26 Å². The smallest absolute Gasteiger partial charge is 0.311 e. The second kappa shape index (κ2) is 8.42. The predicted molar refractivity (Wildman–Crippen MR) is 88.0 cm³/mol. The fraction of sp³-hybridized carbons (Fsp3) is 0.176. The van der Waals surface area contributed by atoms with Gasteiger partial charge in [-0.1, -0.05) is 23.2 Å². The molecule has 23 heavy (non-hydrogen) atoms. The number of rotatable bonds is 6. The standard InChI is InChI=1S/C17H13Cl2NO3/c18-13-5-8-16(15(19)10-13)22-9-1-2-17(21)23-14-6-3-12(11-20)4-7-14/h3-8,10H,1-2,9H2. The first kappa shape index (κ1) is 17.1. The minimum absolute atomic E-state index is 0.214. The van der Waals surface area contributed by atoms with Gasteiger partial charge in [-0.3, -0.25) is 4.79 Å². The van der Waals surface area contributed by atoms with Crippen molar-refractivity contribution in [1.82, 2.24) is 0 Å². The molecular formula is C17H13Cl2NO3. The lowest BCUT2D eigenvalue weighted by Gasteiger charge is -2.08. The van der Waals surface area contributed by atoms with Gasteiger partial charge in [0.05, 0.1) is 23.3 Å². The SMILES string of the molecule is N#Cc1ccc(OC(=O)CCCOc2ccc(Cl)cc2Cl)cc1. The van der Waals surface area contributed by atoms with Crippen LogP contribution in [0.2, 0.25) is 10.0 Å². The maximum Gasteiger partial charge on any atom is 0.311 e. The summed E-state index contributed by atoms with van der Waals surface area (Å²) in [7, 11) is 0. The molecule has 0 unspecified atom stereocenters. The second-order valence-electron chi connectivity index (χ2n) is 4.64. The highest BCUT2D eigenvalue weighted by Crippen LogP contribution is 2.27. The fourth-order valence-corrected chi connectivity index (χ4v) is 2.23. The first-order chi connectivity index (χ1) is 11.1. The van der Waals surface area contributed by atoms with Gasteiger partial charge in [-0.05, 0) is 48.9 Å². The third-order valence-corrected chi connectivity index (χ3v) is 3.42. The summed E-state index contributed by atoms with van der Waals surface area (Å²) in [5.74, 6) is 0.577. The Balaban J connectivity index is 1.73. The Bertz CT molecular complexity index is 724. The van der Waals surface area contributed by atoms with Gasteiger partial charge in [-0.25, -0.2) is 0 Å². The molecule has 0 bridgehead atoms. The molecule has 0 heterocycles. The molecule has 2 aromatic carbocycles. The summed E-state index contributed by atoms with van der Waals surface area (Å²) in [6, 6.07) is 13.3. The van der Waals surface area contributed by atoms with Gasteiger partial charge in [0.1, 0.15) is 11.5 Å². The van der Waals surface area contributed by atoms with Gasteiger partial charge in [0, 0.05) is 11.4 Å². The van der Waals surface area contributed by atoms with Crippen LogP contribution >= 0.6 is 23.2 Å². The van der Waals surface area contributed by atoms with Crippen LogP contribution in [0.1, 0.15) is 18.4 Å². The van der Waals surface area contributed by atoms with E-state index in [4.69, 9.17) is 37.9 Å². The van der Waals surface area contributed by atoms with E-state index in [-0.39, 0.29) is 12.4 Å². The number of nitriles is 1. The first-order valence-electron chi connectivity index (χ1n) is 6.87. The maximum atomic E-state index is 11.7. The molecule has 0 saturated heterocycles. The van der Waals surface area contributed by atoms with Crippen molar-refractivity contribution in [3.63, 3.8) is 0 Å². The molecule has 0 aliphatic carbocycles. The van der Waals surface area contributed by atoms with E-state index in [9.17, 15) is 4.79 Å². The van der Waals surface area contributed by atoms with E-state index in [0.717, 1.165) is 0 Å². The van der Waals surface area contributed by atoms with Crippen LogP contribution in [0.5, 0.6) is 11.5 Å². The number of carbonyl (C=O) groups excluding carboxylic acids is 1. The van der Waals surface area contributed by atoms with Gasteiger partial charge in [0.15, 0.2) is 0 Å². The summed E-state index contributed by atoms with van der Waals surface area (Å²) in [4.78, 5) is 11.7. The molecule has 2 aromatic rings. The van der Waals surface area contributed by atoms with E-state index < -0.39 is 0 Å². The molecular weight excluding hydrogens is 337 g/mol. The molecule has 4 nitrogen and oxygen atoms in total. The largest absolute Gasteiger partial charge is 0.492 e. The Morgan fingerprint density at radius 3 is 2.52 bits per heavy atom. The van der Waals surface area contributed by atoms with Crippen LogP contribution < -0.4 is 9.47 Å². The minimum atomic E-state index is -0.361. The fourth-order valence-electron chi connectivity index (χ4n) is 1.77. The van der Waals surface area contributed by atoms with Crippen LogP contribution in [0.15, 0.2) is 42.5 Å². The zero-order valence-corrected chi connectivity index (χ0v) is 13.6. The molecule has 2 rings (SSSR count). The summed E-state index contributed by atoms with van der Waals surface area (Å²) in [6.07, 6.45) is 0.708. The average molecular weight is 350 g/mol. The predicted octanol–water partition coefficient (Wildman–Crippen LogP) is 4.63. The molecule has 0 aliphatic heterocycles. The summed E-state index contributed by atoms with van der Waals surface area (Å²) in [6.45, 7) is 0.337. The Hall–Kier alpha value is -2.22. The van der Waals surface area contributed by atoms with Gasteiger partial charge in [0.2, 0.25) is 0 Å². The molecule has 0 radical (unpaired) electrons.